The number of benzene rings is 2. The van der Waals surface area contributed by atoms with Gasteiger partial charge in [-0.1, -0.05) is 53.5 Å². The van der Waals surface area contributed by atoms with Crippen molar-refractivity contribution in [2.24, 2.45) is 0 Å². The molecule has 2 aromatic rings. The van der Waals surface area contributed by atoms with Crippen molar-refractivity contribution in [3.8, 4) is 0 Å². The zero-order valence-electron chi connectivity index (χ0n) is 9.81. The minimum atomic E-state index is 0.0172. The van der Waals surface area contributed by atoms with Crippen LogP contribution in [0.25, 0.3) is 0 Å². The van der Waals surface area contributed by atoms with E-state index in [0.29, 0.717) is 11.4 Å². The maximum Gasteiger partial charge on any atom is 0.0502 e. The van der Waals surface area contributed by atoms with Gasteiger partial charge < -0.3 is 5.11 Å². The molecule has 0 heterocycles. The molecule has 0 fully saturated rings. The fraction of sp³-hybridized carbons (Fsp3) is 0.200. The smallest absolute Gasteiger partial charge is 0.0502 e. The maximum atomic E-state index is 9.54. The van der Waals surface area contributed by atoms with Crippen LogP contribution in [0.5, 0.6) is 0 Å². The van der Waals surface area contributed by atoms with E-state index in [1.807, 2.05) is 48.5 Å². The number of rotatable bonds is 4. The Bertz CT molecular complexity index is 525. The summed E-state index contributed by atoms with van der Waals surface area (Å²) in [5, 5.41) is 11.0. The number of halogens is 2. The van der Waals surface area contributed by atoms with Gasteiger partial charge in [0.2, 0.25) is 0 Å². The Kier molecular flexibility index (Phi) is 4.65. The van der Waals surface area contributed by atoms with Gasteiger partial charge in [-0.3, -0.25) is 0 Å². The molecule has 2 rings (SSSR count). The first-order valence-corrected chi connectivity index (χ1v) is 6.56. The van der Waals surface area contributed by atoms with Crippen molar-refractivity contribution in [3.05, 3.63) is 69.7 Å². The van der Waals surface area contributed by atoms with Gasteiger partial charge in [-0.05, 0) is 35.7 Å². The van der Waals surface area contributed by atoms with Crippen molar-refractivity contribution >= 4 is 23.2 Å². The predicted octanol–water partition coefficient (Wildman–Crippen LogP) is 4.31. The minimum absolute atomic E-state index is 0.0172. The van der Waals surface area contributed by atoms with Crippen LogP contribution in [-0.4, -0.2) is 11.7 Å². The van der Waals surface area contributed by atoms with Crippen LogP contribution in [0.15, 0.2) is 48.5 Å². The Morgan fingerprint density at radius 3 is 2.44 bits per heavy atom. The second kappa shape index (κ2) is 6.24. The fourth-order valence-electron chi connectivity index (χ4n) is 1.98. The summed E-state index contributed by atoms with van der Waals surface area (Å²) in [5.74, 6) is 0.0172. The highest BCUT2D eigenvalue weighted by molar-refractivity contribution is 6.31. The summed E-state index contributed by atoms with van der Waals surface area (Å²) in [6, 6.07) is 15.3. The Labute approximate surface area is 117 Å². The highest BCUT2D eigenvalue weighted by Gasteiger charge is 2.13. The minimum Gasteiger partial charge on any atom is -0.396 e. The quantitative estimate of drug-likeness (QED) is 0.885. The summed E-state index contributed by atoms with van der Waals surface area (Å²) in [5.41, 5.74) is 2.07. The lowest BCUT2D eigenvalue weighted by Gasteiger charge is -2.15. The monoisotopic (exact) mass is 280 g/mol. The Morgan fingerprint density at radius 1 is 1.00 bits per heavy atom. The predicted molar refractivity (Wildman–Crippen MR) is 76.4 cm³/mol. The van der Waals surface area contributed by atoms with Gasteiger partial charge in [0, 0.05) is 16.0 Å². The average Bonchev–Trinajstić information content (AvgIpc) is 2.38. The lowest BCUT2D eigenvalue weighted by molar-refractivity contribution is 0.264. The van der Waals surface area contributed by atoms with Gasteiger partial charge in [-0.2, -0.15) is 0 Å². The number of aliphatic hydroxyl groups is 1. The third kappa shape index (κ3) is 3.26. The van der Waals surface area contributed by atoms with Crippen molar-refractivity contribution in [2.75, 3.05) is 6.61 Å². The molecule has 1 nitrogen and oxygen atoms in total. The summed E-state index contributed by atoms with van der Waals surface area (Å²) < 4.78 is 0. The average molecular weight is 281 g/mol. The van der Waals surface area contributed by atoms with E-state index in [1.165, 1.54) is 0 Å². The van der Waals surface area contributed by atoms with E-state index in [4.69, 9.17) is 23.2 Å². The molecule has 0 saturated carbocycles. The molecule has 0 bridgehead atoms. The van der Waals surface area contributed by atoms with Crippen LogP contribution in [0.1, 0.15) is 17.0 Å². The van der Waals surface area contributed by atoms with Crippen molar-refractivity contribution in [2.45, 2.75) is 12.3 Å². The molecule has 0 spiro atoms. The molecule has 1 N–H and O–H groups in total. The Morgan fingerprint density at radius 2 is 1.78 bits per heavy atom. The van der Waals surface area contributed by atoms with Crippen LogP contribution >= 0.6 is 23.2 Å². The highest BCUT2D eigenvalue weighted by atomic mass is 35.5. The topological polar surface area (TPSA) is 20.2 Å². The Balaban J connectivity index is 2.23. The summed E-state index contributed by atoms with van der Waals surface area (Å²) in [7, 11) is 0. The van der Waals surface area contributed by atoms with E-state index in [-0.39, 0.29) is 12.5 Å². The Hall–Kier alpha value is -1.02. The third-order valence-electron chi connectivity index (χ3n) is 2.96. The fourth-order valence-corrected chi connectivity index (χ4v) is 2.39. The third-order valence-corrected chi connectivity index (χ3v) is 3.57. The molecular formula is C15H14Cl2O. The first-order chi connectivity index (χ1) is 8.70. The molecular weight excluding hydrogens is 267 g/mol. The maximum absolute atomic E-state index is 9.54. The van der Waals surface area contributed by atoms with Crippen LogP contribution < -0.4 is 0 Å². The SMILES string of the molecule is OCC(Cc1ccccc1Cl)c1cccc(Cl)c1. The van der Waals surface area contributed by atoms with Gasteiger partial charge in [0.05, 0.1) is 6.61 Å². The molecule has 1 atom stereocenters. The van der Waals surface area contributed by atoms with Crippen LogP contribution in [0.4, 0.5) is 0 Å². The molecule has 1 unspecified atom stereocenters. The highest BCUT2D eigenvalue weighted by Crippen LogP contribution is 2.26. The second-order valence-electron chi connectivity index (χ2n) is 4.23. The molecule has 0 aliphatic heterocycles. The van der Waals surface area contributed by atoms with Crippen LogP contribution in [0.2, 0.25) is 10.0 Å². The van der Waals surface area contributed by atoms with Gasteiger partial charge in [0.25, 0.3) is 0 Å². The zero-order chi connectivity index (χ0) is 13.0. The van der Waals surface area contributed by atoms with Crippen molar-refractivity contribution in [3.63, 3.8) is 0 Å². The van der Waals surface area contributed by atoms with E-state index in [1.54, 1.807) is 0 Å². The number of hydrogen-bond donors (Lipinski definition) is 1. The van der Waals surface area contributed by atoms with Gasteiger partial charge in [0.1, 0.15) is 0 Å². The normalized spacial score (nSPS) is 12.4. The first-order valence-electron chi connectivity index (χ1n) is 5.80. The second-order valence-corrected chi connectivity index (χ2v) is 5.07. The van der Waals surface area contributed by atoms with Crippen LogP contribution in [0.3, 0.4) is 0 Å². The largest absolute Gasteiger partial charge is 0.396 e. The van der Waals surface area contributed by atoms with Gasteiger partial charge >= 0.3 is 0 Å². The van der Waals surface area contributed by atoms with Gasteiger partial charge in [-0.15, -0.1) is 0 Å². The number of aliphatic hydroxyl groups excluding tert-OH is 1. The molecule has 2 aromatic carbocycles. The molecule has 94 valence electrons. The molecule has 3 heteroatoms. The zero-order valence-corrected chi connectivity index (χ0v) is 11.3. The van der Waals surface area contributed by atoms with E-state index in [0.717, 1.165) is 16.1 Å². The molecule has 0 aliphatic carbocycles. The first kappa shape index (κ1) is 13.4. The molecule has 0 saturated heterocycles. The van der Waals surface area contributed by atoms with Crippen molar-refractivity contribution in [1.82, 2.24) is 0 Å². The van der Waals surface area contributed by atoms with Crippen LogP contribution in [0, 0.1) is 0 Å². The van der Waals surface area contributed by atoms with E-state index in [9.17, 15) is 5.11 Å². The molecule has 0 radical (unpaired) electrons. The summed E-state index contributed by atoms with van der Waals surface area (Å²) in [6.07, 6.45) is 0.705. The molecule has 0 amide bonds. The molecule has 18 heavy (non-hydrogen) atoms. The van der Waals surface area contributed by atoms with Gasteiger partial charge in [-0.25, -0.2) is 0 Å². The van der Waals surface area contributed by atoms with Gasteiger partial charge in [0.15, 0.2) is 0 Å². The van der Waals surface area contributed by atoms with Crippen molar-refractivity contribution < 1.29 is 5.11 Å². The standard InChI is InChI=1S/C15H14Cl2O/c16-14-6-3-5-11(9-14)13(10-18)8-12-4-1-2-7-15(12)17/h1-7,9,13,18H,8,10H2. The summed E-state index contributed by atoms with van der Waals surface area (Å²) >= 11 is 12.1. The summed E-state index contributed by atoms with van der Waals surface area (Å²) in [6.45, 7) is 0.0750. The number of hydrogen-bond acceptors (Lipinski definition) is 1. The van der Waals surface area contributed by atoms with Crippen LogP contribution in [-0.2, 0) is 6.42 Å². The van der Waals surface area contributed by atoms with E-state index < -0.39 is 0 Å². The molecule has 0 aliphatic rings. The lowest BCUT2D eigenvalue weighted by Crippen LogP contribution is -2.08. The van der Waals surface area contributed by atoms with E-state index in [2.05, 4.69) is 0 Å². The van der Waals surface area contributed by atoms with Crippen molar-refractivity contribution in [1.29, 1.82) is 0 Å². The lowest BCUT2D eigenvalue weighted by atomic mass is 9.93. The summed E-state index contributed by atoms with van der Waals surface area (Å²) in [4.78, 5) is 0. The molecule has 0 aromatic heterocycles. The van der Waals surface area contributed by atoms with E-state index >= 15 is 0 Å².